The summed E-state index contributed by atoms with van der Waals surface area (Å²) in [6.07, 6.45) is -0.123. The van der Waals surface area contributed by atoms with Gasteiger partial charge in [0.2, 0.25) is 0 Å². The number of nitrogens with zero attached hydrogens (tertiary/aromatic N) is 2. The van der Waals surface area contributed by atoms with Gasteiger partial charge in [-0.05, 0) is 43.0 Å². The Morgan fingerprint density at radius 2 is 2.00 bits per heavy atom. The number of H-pyrrole nitrogens is 1. The Hall–Kier alpha value is -2.02. The first kappa shape index (κ1) is 17.4. The molecule has 7 heteroatoms. The second-order valence-corrected chi connectivity index (χ2v) is 7.14. The minimum Gasteiger partial charge on any atom is -0.381 e. The highest BCUT2D eigenvalue weighted by atomic mass is 19.4. The van der Waals surface area contributed by atoms with E-state index >= 15 is 0 Å². The molecule has 0 bridgehead atoms. The summed E-state index contributed by atoms with van der Waals surface area (Å²) < 4.78 is 43.9. The molecule has 0 atom stereocenters. The van der Waals surface area contributed by atoms with E-state index in [1.165, 1.54) is 23.1 Å². The molecule has 0 unspecified atom stereocenters. The highest BCUT2D eigenvalue weighted by Gasteiger charge is 2.33. The number of anilines is 1. The van der Waals surface area contributed by atoms with Crippen LogP contribution in [-0.4, -0.2) is 29.7 Å². The minimum atomic E-state index is -4.41. The summed E-state index contributed by atoms with van der Waals surface area (Å²) in [6, 6.07) is 3.36. The smallest absolute Gasteiger partial charge is 0.381 e. The molecule has 140 valence electrons. The summed E-state index contributed by atoms with van der Waals surface area (Å²) in [6.45, 7) is 4.79. The van der Waals surface area contributed by atoms with Gasteiger partial charge in [-0.15, -0.1) is 0 Å². The Morgan fingerprint density at radius 1 is 1.23 bits per heavy atom. The van der Waals surface area contributed by atoms with Crippen LogP contribution < -0.4 is 4.90 Å². The molecule has 0 amide bonds. The van der Waals surface area contributed by atoms with E-state index in [4.69, 9.17) is 4.74 Å². The first-order valence-electron chi connectivity index (χ1n) is 8.99. The van der Waals surface area contributed by atoms with Crippen molar-refractivity contribution >= 4 is 5.69 Å². The first-order valence-corrected chi connectivity index (χ1v) is 8.99. The summed E-state index contributed by atoms with van der Waals surface area (Å²) in [5, 5.41) is 0. The molecule has 4 rings (SSSR count). The van der Waals surface area contributed by atoms with Crippen molar-refractivity contribution in [2.24, 2.45) is 0 Å². The standard InChI is InChI=1S/C19H22F3N3O/c1-12-8-18(19(20,21)22)23-10-17(12)25-5-2-15-14(11-25)9-16(24-15)13-3-6-26-7-4-13/h8-10,13,24H,2-7,11H2,1H3. The van der Waals surface area contributed by atoms with E-state index in [1.807, 2.05) is 0 Å². The highest BCUT2D eigenvalue weighted by molar-refractivity contribution is 5.54. The van der Waals surface area contributed by atoms with Gasteiger partial charge in [-0.1, -0.05) is 0 Å². The number of aromatic nitrogens is 2. The minimum absolute atomic E-state index is 0.511. The molecule has 0 saturated carbocycles. The third kappa shape index (κ3) is 3.32. The van der Waals surface area contributed by atoms with Crippen LogP contribution in [0.5, 0.6) is 0 Å². The number of aromatic amines is 1. The Balaban J connectivity index is 1.54. The van der Waals surface area contributed by atoms with Gasteiger partial charge in [-0.25, -0.2) is 4.98 Å². The quantitative estimate of drug-likeness (QED) is 0.867. The number of halogens is 3. The second kappa shape index (κ2) is 6.61. The van der Waals surface area contributed by atoms with E-state index in [0.29, 0.717) is 18.0 Å². The van der Waals surface area contributed by atoms with Crippen LogP contribution in [0.4, 0.5) is 18.9 Å². The predicted molar refractivity (Wildman–Crippen MR) is 92.3 cm³/mol. The molecular formula is C19H22F3N3O. The fourth-order valence-electron chi connectivity index (χ4n) is 3.93. The van der Waals surface area contributed by atoms with E-state index in [2.05, 4.69) is 20.9 Å². The number of fused-ring (bicyclic) bond motifs is 1. The molecule has 0 aliphatic carbocycles. The van der Waals surface area contributed by atoms with E-state index < -0.39 is 11.9 Å². The molecule has 0 aromatic carbocycles. The maximum atomic E-state index is 12.8. The van der Waals surface area contributed by atoms with E-state index in [-0.39, 0.29) is 0 Å². The lowest BCUT2D eigenvalue weighted by atomic mass is 9.96. The van der Waals surface area contributed by atoms with Crippen molar-refractivity contribution in [2.75, 3.05) is 24.7 Å². The molecule has 2 aromatic heterocycles. The number of hydrogen-bond donors (Lipinski definition) is 1. The van der Waals surface area contributed by atoms with Crippen LogP contribution in [-0.2, 0) is 23.9 Å². The highest BCUT2D eigenvalue weighted by Crippen LogP contribution is 2.34. The molecule has 2 aliphatic heterocycles. The van der Waals surface area contributed by atoms with E-state index in [1.54, 1.807) is 6.92 Å². The number of pyridine rings is 1. The monoisotopic (exact) mass is 365 g/mol. The first-order chi connectivity index (χ1) is 12.4. The second-order valence-electron chi connectivity index (χ2n) is 7.14. The molecule has 0 radical (unpaired) electrons. The molecule has 1 fully saturated rings. The van der Waals surface area contributed by atoms with Crippen molar-refractivity contribution in [3.63, 3.8) is 0 Å². The summed E-state index contributed by atoms with van der Waals surface area (Å²) in [5.74, 6) is 0.511. The molecule has 0 spiro atoms. The number of aryl methyl sites for hydroxylation is 1. The van der Waals surface area contributed by atoms with Gasteiger partial charge in [0.15, 0.2) is 0 Å². The zero-order valence-corrected chi connectivity index (χ0v) is 14.7. The lowest BCUT2D eigenvalue weighted by Crippen LogP contribution is -2.30. The average Bonchev–Trinajstić information content (AvgIpc) is 3.05. The molecule has 2 aliphatic rings. The largest absolute Gasteiger partial charge is 0.433 e. The van der Waals surface area contributed by atoms with Gasteiger partial charge in [0.25, 0.3) is 0 Å². The Labute approximate surface area is 150 Å². The van der Waals surface area contributed by atoms with Gasteiger partial charge in [0, 0.05) is 50.0 Å². The summed E-state index contributed by atoms with van der Waals surface area (Å²) in [5.41, 5.74) is 4.30. The zero-order valence-electron chi connectivity index (χ0n) is 14.7. The average molecular weight is 365 g/mol. The SMILES string of the molecule is Cc1cc(C(F)(F)F)ncc1N1CCc2[nH]c(C3CCOCC3)cc2C1. The molecule has 4 heterocycles. The topological polar surface area (TPSA) is 41.2 Å². The Morgan fingerprint density at radius 3 is 2.69 bits per heavy atom. The zero-order chi connectivity index (χ0) is 18.3. The van der Waals surface area contributed by atoms with Crippen LogP contribution in [0, 0.1) is 6.92 Å². The van der Waals surface area contributed by atoms with Crippen molar-refractivity contribution in [1.29, 1.82) is 0 Å². The summed E-state index contributed by atoms with van der Waals surface area (Å²) in [7, 11) is 0. The van der Waals surface area contributed by atoms with E-state index in [0.717, 1.165) is 50.8 Å². The fourth-order valence-corrected chi connectivity index (χ4v) is 3.93. The summed E-state index contributed by atoms with van der Waals surface area (Å²) >= 11 is 0. The van der Waals surface area contributed by atoms with Crippen molar-refractivity contribution < 1.29 is 17.9 Å². The lowest BCUT2D eigenvalue weighted by molar-refractivity contribution is -0.141. The van der Waals surface area contributed by atoms with Crippen molar-refractivity contribution in [3.8, 4) is 0 Å². The molecular weight excluding hydrogens is 343 g/mol. The van der Waals surface area contributed by atoms with Gasteiger partial charge in [-0.3, -0.25) is 0 Å². The number of hydrogen-bond acceptors (Lipinski definition) is 3. The number of alkyl halides is 3. The summed E-state index contributed by atoms with van der Waals surface area (Å²) in [4.78, 5) is 9.32. The molecule has 2 aromatic rings. The molecule has 26 heavy (non-hydrogen) atoms. The Bertz CT molecular complexity index is 794. The fraction of sp³-hybridized carbons (Fsp3) is 0.526. The van der Waals surface area contributed by atoms with Crippen LogP contribution in [0.1, 0.15) is 47.0 Å². The maximum Gasteiger partial charge on any atom is 0.433 e. The van der Waals surface area contributed by atoms with Crippen LogP contribution in [0.3, 0.4) is 0 Å². The van der Waals surface area contributed by atoms with Gasteiger partial charge in [0.1, 0.15) is 5.69 Å². The van der Waals surface area contributed by atoms with Gasteiger partial charge in [-0.2, -0.15) is 13.2 Å². The van der Waals surface area contributed by atoms with Crippen LogP contribution in [0.2, 0.25) is 0 Å². The van der Waals surface area contributed by atoms with Crippen molar-refractivity contribution in [1.82, 2.24) is 9.97 Å². The van der Waals surface area contributed by atoms with Gasteiger partial charge in [0.05, 0.1) is 11.9 Å². The number of ether oxygens (including phenoxy) is 1. The molecule has 4 nitrogen and oxygen atoms in total. The van der Waals surface area contributed by atoms with Crippen molar-refractivity contribution in [3.05, 3.63) is 46.5 Å². The third-order valence-electron chi connectivity index (χ3n) is 5.38. The molecule has 1 N–H and O–H groups in total. The molecule has 1 saturated heterocycles. The number of rotatable bonds is 2. The predicted octanol–water partition coefficient (Wildman–Crippen LogP) is 4.19. The van der Waals surface area contributed by atoms with Crippen molar-refractivity contribution in [2.45, 2.75) is 44.8 Å². The number of nitrogens with one attached hydrogen (secondary N) is 1. The Kier molecular flexibility index (Phi) is 4.42. The van der Waals surface area contributed by atoms with E-state index in [9.17, 15) is 13.2 Å². The van der Waals surface area contributed by atoms with Gasteiger partial charge >= 0.3 is 6.18 Å². The third-order valence-corrected chi connectivity index (χ3v) is 5.38. The van der Waals surface area contributed by atoms with Crippen LogP contribution in [0.25, 0.3) is 0 Å². The normalized spacial score (nSPS) is 18.8. The van der Waals surface area contributed by atoms with Gasteiger partial charge < -0.3 is 14.6 Å². The maximum absolute atomic E-state index is 12.8. The van der Waals surface area contributed by atoms with Crippen LogP contribution in [0.15, 0.2) is 18.3 Å². The van der Waals surface area contributed by atoms with Crippen LogP contribution >= 0.6 is 0 Å². The lowest BCUT2D eigenvalue weighted by Gasteiger charge is -2.30.